The summed E-state index contributed by atoms with van der Waals surface area (Å²) in [5, 5.41) is 10.7. The number of ether oxygens (including phenoxy) is 4. The van der Waals surface area contributed by atoms with E-state index in [9.17, 15) is 18.0 Å². The predicted molar refractivity (Wildman–Crippen MR) is 152 cm³/mol. The molecule has 1 saturated heterocycles. The molecule has 3 aromatic rings. The number of hydrogen-bond acceptors (Lipinski definition) is 9. The normalized spacial score (nSPS) is 16.5. The Hall–Kier alpha value is -3.61. The Labute approximate surface area is 243 Å². The van der Waals surface area contributed by atoms with E-state index in [2.05, 4.69) is 0 Å². The molecule has 0 bridgehead atoms. The lowest BCUT2D eigenvalue weighted by Gasteiger charge is -2.33. The van der Waals surface area contributed by atoms with Gasteiger partial charge in [0.1, 0.15) is 22.1 Å². The second-order valence-electron chi connectivity index (χ2n) is 9.47. The fraction of sp³-hybridized carbons (Fsp3) is 0.379. The third-order valence-corrected chi connectivity index (χ3v) is 10.1. The standard InChI is InChI=1S/C29H33NO9S2/c1-36-25-14-12-20(17-26(25)37-2)11-13-24(21-7-5-8-22(18-21)38-19-27(31)32)39-29(33)23-9-3-4-15-30(23)41(34,35)28-10-6-16-40-28/h5-8,10,12,14,16-18,23-24H,3-4,9,11,13,15,19H2,1-2H3,(H,31,32)/t23-,24+/m0/s1. The van der Waals surface area contributed by atoms with Gasteiger partial charge in [-0.25, -0.2) is 13.2 Å². The number of methoxy groups -OCH3 is 2. The first-order valence-corrected chi connectivity index (χ1v) is 15.5. The summed E-state index contributed by atoms with van der Waals surface area (Å²) in [6, 6.07) is 14.5. The van der Waals surface area contributed by atoms with Gasteiger partial charge >= 0.3 is 11.9 Å². The number of esters is 1. The number of sulfonamides is 1. The molecule has 0 radical (unpaired) electrons. The van der Waals surface area contributed by atoms with Gasteiger partial charge in [0.25, 0.3) is 10.0 Å². The lowest BCUT2D eigenvalue weighted by Crippen LogP contribution is -2.48. The number of carbonyl (C=O) groups excluding carboxylic acids is 1. The number of carboxylic acids is 1. The van der Waals surface area contributed by atoms with Crippen LogP contribution in [0.4, 0.5) is 0 Å². The summed E-state index contributed by atoms with van der Waals surface area (Å²) in [6.45, 7) is -0.286. The van der Waals surface area contributed by atoms with Crippen molar-refractivity contribution in [2.75, 3.05) is 27.4 Å². The van der Waals surface area contributed by atoms with E-state index in [-0.39, 0.29) is 10.8 Å². The maximum atomic E-state index is 13.6. The molecule has 12 heteroatoms. The smallest absolute Gasteiger partial charge is 0.341 e. The number of carboxylic acid groups (broad SMARTS) is 1. The highest BCUT2D eigenvalue weighted by Gasteiger charge is 2.40. The van der Waals surface area contributed by atoms with Crippen molar-refractivity contribution in [2.24, 2.45) is 0 Å². The molecule has 0 aliphatic carbocycles. The van der Waals surface area contributed by atoms with Crippen LogP contribution in [0.5, 0.6) is 17.2 Å². The van der Waals surface area contributed by atoms with Crippen LogP contribution in [-0.2, 0) is 30.8 Å². The van der Waals surface area contributed by atoms with Crippen molar-refractivity contribution in [2.45, 2.75) is 48.5 Å². The Balaban J connectivity index is 1.59. The molecule has 0 amide bonds. The summed E-state index contributed by atoms with van der Waals surface area (Å²) in [7, 11) is -0.750. The van der Waals surface area contributed by atoms with E-state index in [0.29, 0.717) is 54.9 Å². The third-order valence-electron chi connectivity index (χ3n) is 6.78. The minimum atomic E-state index is -3.86. The molecule has 2 aromatic carbocycles. The van der Waals surface area contributed by atoms with Crippen LogP contribution in [0.1, 0.15) is 42.9 Å². The van der Waals surface area contributed by atoms with Gasteiger partial charge in [0.05, 0.1) is 14.2 Å². The first-order chi connectivity index (χ1) is 19.7. The van der Waals surface area contributed by atoms with E-state index in [1.165, 1.54) is 10.4 Å². The summed E-state index contributed by atoms with van der Waals surface area (Å²) in [4.78, 5) is 24.6. The maximum Gasteiger partial charge on any atom is 0.341 e. The molecule has 220 valence electrons. The highest BCUT2D eigenvalue weighted by molar-refractivity contribution is 7.91. The van der Waals surface area contributed by atoms with Crippen LogP contribution in [0.2, 0.25) is 0 Å². The van der Waals surface area contributed by atoms with Gasteiger partial charge in [0, 0.05) is 6.54 Å². The van der Waals surface area contributed by atoms with Crippen molar-refractivity contribution in [3.05, 3.63) is 71.1 Å². The van der Waals surface area contributed by atoms with Gasteiger partial charge in [-0.3, -0.25) is 4.79 Å². The van der Waals surface area contributed by atoms with E-state index in [1.54, 1.807) is 56.0 Å². The first kappa shape index (κ1) is 30.4. The minimum Gasteiger partial charge on any atom is -0.493 e. The minimum absolute atomic E-state index is 0.186. The van der Waals surface area contributed by atoms with E-state index >= 15 is 0 Å². The summed E-state index contributed by atoms with van der Waals surface area (Å²) in [6.07, 6.45) is 1.82. The highest BCUT2D eigenvalue weighted by atomic mass is 32.2. The fourth-order valence-electron chi connectivity index (χ4n) is 4.75. The van der Waals surface area contributed by atoms with Crippen LogP contribution in [0.3, 0.4) is 0 Å². The molecular formula is C29H33NO9S2. The van der Waals surface area contributed by atoms with Crippen LogP contribution in [-0.4, -0.2) is 63.2 Å². The molecule has 41 heavy (non-hydrogen) atoms. The number of benzene rings is 2. The lowest BCUT2D eigenvalue weighted by atomic mass is 10.00. The molecule has 4 rings (SSSR count). The summed E-state index contributed by atoms with van der Waals surface area (Å²) in [5.74, 6) is -0.266. The van der Waals surface area contributed by atoms with Crippen LogP contribution >= 0.6 is 11.3 Å². The van der Waals surface area contributed by atoms with Crippen molar-refractivity contribution < 1.29 is 42.1 Å². The molecule has 0 spiro atoms. The first-order valence-electron chi connectivity index (χ1n) is 13.1. The summed E-state index contributed by atoms with van der Waals surface area (Å²) >= 11 is 1.11. The van der Waals surface area contributed by atoms with Crippen molar-refractivity contribution in [3.8, 4) is 17.2 Å². The number of thiophene rings is 1. The molecule has 2 heterocycles. The molecule has 1 aliphatic rings. The Bertz CT molecular complexity index is 1440. The number of aryl methyl sites for hydroxylation is 1. The number of carbonyl (C=O) groups is 2. The van der Waals surface area contributed by atoms with E-state index in [0.717, 1.165) is 16.9 Å². The average Bonchev–Trinajstić information content (AvgIpc) is 3.54. The van der Waals surface area contributed by atoms with Crippen LogP contribution < -0.4 is 14.2 Å². The molecule has 1 fully saturated rings. The maximum absolute atomic E-state index is 13.6. The van der Waals surface area contributed by atoms with Crippen molar-refractivity contribution >= 4 is 33.3 Å². The van der Waals surface area contributed by atoms with Crippen LogP contribution in [0.25, 0.3) is 0 Å². The monoisotopic (exact) mass is 603 g/mol. The summed E-state index contributed by atoms with van der Waals surface area (Å²) < 4.78 is 50.3. The zero-order valence-electron chi connectivity index (χ0n) is 22.9. The average molecular weight is 604 g/mol. The third kappa shape index (κ3) is 7.57. The van der Waals surface area contributed by atoms with Crippen molar-refractivity contribution in [1.82, 2.24) is 4.31 Å². The quantitative estimate of drug-likeness (QED) is 0.277. The Kier molecular flexibility index (Phi) is 10.2. The SMILES string of the molecule is COc1ccc(CC[C@@H](OC(=O)[C@@H]2CCCCN2S(=O)(=O)c2cccs2)c2cccc(OCC(=O)O)c2)cc1OC. The molecule has 2 atom stereocenters. The molecule has 1 aromatic heterocycles. The van der Waals surface area contributed by atoms with Gasteiger partial charge in [0.15, 0.2) is 18.1 Å². The van der Waals surface area contributed by atoms with Crippen LogP contribution in [0.15, 0.2) is 64.2 Å². The Morgan fingerprint density at radius 1 is 1.05 bits per heavy atom. The number of nitrogens with zero attached hydrogens (tertiary/aromatic N) is 1. The Morgan fingerprint density at radius 2 is 1.85 bits per heavy atom. The second kappa shape index (κ2) is 13.8. The molecular weight excluding hydrogens is 570 g/mol. The fourth-order valence-corrected chi connectivity index (χ4v) is 7.52. The largest absolute Gasteiger partial charge is 0.493 e. The van der Waals surface area contributed by atoms with Crippen molar-refractivity contribution in [1.29, 1.82) is 0 Å². The van der Waals surface area contributed by atoms with Gasteiger partial charge in [-0.1, -0.05) is 24.3 Å². The van der Waals surface area contributed by atoms with E-state index in [4.69, 9.17) is 24.1 Å². The van der Waals surface area contributed by atoms with Gasteiger partial charge in [-0.2, -0.15) is 4.31 Å². The van der Waals surface area contributed by atoms with Gasteiger partial charge in [0.2, 0.25) is 0 Å². The van der Waals surface area contributed by atoms with Crippen LogP contribution in [0, 0.1) is 0 Å². The number of aliphatic carboxylic acids is 1. The van der Waals surface area contributed by atoms with E-state index in [1.807, 2.05) is 12.1 Å². The lowest BCUT2D eigenvalue weighted by molar-refractivity contribution is -0.155. The topological polar surface area (TPSA) is 129 Å². The second-order valence-corrected chi connectivity index (χ2v) is 12.5. The zero-order chi connectivity index (χ0) is 29.4. The zero-order valence-corrected chi connectivity index (χ0v) is 24.5. The summed E-state index contributed by atoms with van der Waals surface area (Å²) in [5.41, 5.74) is 1.52. The van der Waals surface area contributed by atoms with Crippen molar-refractivity contribution in [3.63, 3.8) is 0 Å². The van der Waals surface area contributed by atoms with E-state index < -0.39 is 40.7 Å². The predicted octanol–water partition coefficient (Wildman–Crippen LogP) is 4.69. The number of piperidine rings is 1. The highest BCUT2D eigenvalue weighted by Crippen LogP contribution is 2.33. The molecule has 0 saturated carbocycles. The number of hydrogen-bond donors (Lipinski definition) is 1. The van der Waals surface area contributed by atoms with Gasteiger partial charge in [-0.15, -0.1) is 11.3 Å². The molecule has 10 nitrogen and oxygen atoms in total. The number of rotatable bonds is 13. The molecule has 1 aliphatic heterocycles. The van der Waals surface area contributed by atoms with Gasteiger partial charge in [-0.05, 0) is 78.9 Å². The molecule has 0 unspecified atom stereocenters. The molecule has 1 N–H and O–H groups in total. The Morgan fingerprint density at radius 3 is 2.56 bits per heavy atom. The van der Waals surface area contributed by atoms with Gasteiger partial charge < -0.3 is 24.1 Å².